The SMILES string of the molecule is CCN(CC)CCNc1cc(-c2c(O)[nH]c3ccccc23)nc2ccccc12. The van der Waals surface area contributed by atoms with Gasteiger partial charge in [0, 0.05) is 35.1 Å². The lowest BCUT2D eigenvalue weighted by atomic mass is 10.1. The first kappa shape index (κ1) is 18.3. The minimum Gasteiger partial charge on any atom is -0.494 e. The molecule has 0 aliphatic carbocycles. The average Bonchev–Trinajstić information content (AvgIpc) is 3.06. The van der Waals surface area contributed by atoms with E-state index in [9.17, 15) is 5.11 Å². The summed E-state index contributed by atoms with van der Waals surface area (Å²) in [6.45, 7) is 8.30. The van der Waals surface area contributed by atoms with Crippen molar-refractivity contribution in [1.29, 1.82) is 0 Å². The Morgan fingerprint density at radius 1 is 1.00 bits per heavy atom. The van der Waals surface area contributed by atoms with E-state index in [0.29, 0.717) is 0 Å². The maximum absolute atomic E-state index is 10.5. The first-order valence-electron chi connectivity index (χ1n) is 9.87. The van der Waals surface area contributed by atoms with Gasteiger partial charge in [0.15, 0.2) is 5.88 Å². The molecule has 4 rings (SSSR count). The summed E-state index contributed by atoms with van der Waals surface area (Å²) >= 11 is 0. The van der Waals surface area contributed by atoms with Crippen molar-refractivity contribution in [2.75, 3.05) is 31.5 Å². The molecule has 2 heterocycles. The first-order valence-corrected chi connectivity index (χ1v) is 9.87. The molecule has 0 fully saturated rings. The molecule has 3 N–H and O–H groups in total. The van der Waals surface area contributed by atoms with Crippen molar-refractivity contribution in [3.8, 4) is 17.1 Å². The highest BCUT2D eigenvalue weighted by molar-refractivity contribution is 6.01. The van der Waals surface area contributed by atoms with Gasteiger partial charge in [-0.25, -0.2) is 4.98 Å². The summed E-state index contributed by atoms with van der Waals surface area (Å²) in [6.07, 6.45) is 0. The van der Waals surface area contributed by atoms with E-state index in [1.807, 2.05) is 48.5 Å². The third-order valence-corrected chi connectivity index (χ3v) is 5.30. The van der Waals surface area contributed by atoms with Gasteiger partial charge in [-0.1, -0.05) is 50.2 Å². The second-order valence-corrected chi connectivity index (χ2v) is 6.92. The summed E-state index contributed by atoms with van der Waals surface area (Å²) in [5.74, 6) is 0.151. The Balaban J connectivity index is 1.76. The molecule has 2 aromatic carbocycles. The Morgan fingerprint density at radius 3 is 2.50 bits per heavy atom. The van der Waals surface area contributed by atoms with Gasteiger partial charge in [0.2, 0.25) is 0 Å². The summed E-state index contributed by atoms with van der Waals surface area (Å²) in [7, 11) is 0. The molecule has 5 nitrogen and oxygen atoms in total. The first-order chi connectivity index (χ1) is 13.7. The molecule has 0 atom stereocenters. The number of nitrogens with one attached hydrogen (secondary N) is 2. The fourth-order valence-corrected chi connectivity index (χ4v) is 3.73. The van der Waals surface area contributed by atoms with Crippen molar-refractivity contribution in [3.63, 3.8) is 0 Å². The molecular weight excluding hydrogens is 348 g/mol. The predicted molar refractivity (Wildman–Crippen MR) is 117 cm³/mol. The van der Waals surface area contributed by atoms with Crippen LogP contribution in [-0.4, -0.2) is 46.2 Å². The summed E-state index contributed by atoms with van der Waals surface area (Å²) in [6, 6.07) is 18.1. The van der Waals surface area contributed by atoms with Crippen LogP contribution in [0.15, 0.2) is 54.6 Å². The van der Waals surface area contributed by atoms with Crippen molar-refractivity contribution in [1.82, 2.24) is 14.9 Å². The number of pyridine rings is 1. The highest BCUT2D eigenvalue weighted by Gasteiger charge is 2.16. The number of hydrogen-bond acceptors (Lipinski definition) is 4. The van der Waals surface area contributed by atoms with Crippen molar-refractivity contribution < 1.29 is 5.11 Å². The number of H-pyrrole nitrogens is 1. The van der Waals surface area contributed by atoms with Crippen LogP contribution >= 0.6 is 0 Å². The molecule has 0 bridgehead atoms. The van der Waals surface area contributed by atoms with E-state index in [2.05, 4.69) is 35.1 Å². The average molecular weight is 374 g/mol. The fourth-order valence-electron chi connectivity index (χ4n) is 3.73. The predicted octanol–water partition coefficient (Wildman–Crippen LogP) is 4.84. The van der Waals surface area contributed by atoms with Crippen LogP contribution in [0.1, 0.15) is 13.8 Å². The number of rotatable bonds is 7. The zero-order valence-corrected chi connectivity index (χ0v) is 16.4. The molecule has 0 amide bonds. The van der Waals surface area contributed by atoms with E-state index in [1.165, 1.54) is 0 Å². The van der Waals surface area contributed by atoms with Crippen molar-refractivity contribution in [2.45, 2.75) is 13.8 Å². The molecule has 0 aliphatic rings. The van der Waals surface area contributed by atoms with Crippen LogP contribution in [0.5, 0.6) is 5.88 Å². The largest absolute Gasteiger partial charge is 0.494 e. The summed E-state index contributed by atoms with van der Waals surface area (Å²) in [5.41, 5.74) is 4.36. The van der Waals surface area contributed by atoms with Gasteiger partial charge in [-0.2, -0.15) is 0 Å². The Labute approximate surface area is 165 Å². The standard InChI is InChI=1S/C23H26N4O/c1-3-27(4-2)14-13-24-20-15-21(25-18-11-7-5-9-16(18)20)22-17-10-6-8-12-19(17)26-23(22)28/h5-12,15,26,28H,3-4,13-14H2,1-2H3,(H,24,25). The lowest BCUT2D eigenvalue weighted by molar-refractivity contribution is 0.316. The Bertz CT molecular complexity index is 1100. The quantitative estimate of drug-likeness (QED) is 0.433. The van der Waals surface area contributed by atoms with Gasteiger partial charge in [0.1, 0.15) is 0 Å². The second-order valence-electron chi connectivity index (χ2n) is 6.92. The van der Waals surface area contributed by atoms with Gasteiger partial charge in [-0.05, 0) is 31.3 Å². The molecular formula is C23H26N4O. The number of hydrogen-bond donors (Lipinski definition) is 3. The van der Waals surface area contributed by atoms with Crippen LogP contribution < -0.4 is 5.32 Å². The Morgan fingerprint density at radius 2 is 1.71 bits per heavy atom. The summed E-state index contributed by atoms with van der Waals surface area (Å²) < 4.78 is 0. The molecule has 0 unspecified atom stereocenters. The molecule has 0 saturated carbocycles. The smallest absolute Gasteiger partial charge is 0.199 e. The third kappa shape index (κ3) is 3.41. The van der Waals surface area contributed by atoms with E-state index in [1.54, 1.807) is 0 Å². The number of aromatic hydroxyl groups is 1. The number of aromatic amines is 1. The topological polar surface area (TPSA) is 64.2 Å². The molecule has 144 valence electrons. The van der Waals surface area contributed by atoms with Crippen molar-refractivity contribution in [2.24, 2.45) is 0 Å². The summed E-state index contributed by atoms with van der Waals surface area (Å²) in [5, 5.41) is 16.2. The molecule has 28 heavy (non-hydrogen) atoms. The van der Waals surface area contributed by atoms with Gasteiger partial charge in [0.05, 0.1) is 16.8 Å². The number of benzene rings is 2. The van der Waals surface area contributed by atoms with Crippen LogP contribution in [0.4, 0.5) is 5.69 Å². The zero-order valence-electron chi connectivity index (χ0n) is 16.4. The number of fused-ring (bicyclic) bond motifs is 2. The van der Waals surface area contributed by atoms with Gasteiger partial charge in [-0.3, -0.25) is 0 Å². The summed E-state index contributed by atoms with van der Waals surface area (Å²) in [4.78, 5) is 10.3. The monoisotopic (exact) mass is 374 g/mol. The van der Waals surface area contributed by atoms with E-state index >= 15 is 0 Å². The fraction of sp³-hybridized carbons (Fsp3) is 0.261. The Hall–Kier alpha value is -3.05. The van der Waals surface area contributed by atoms with E-state index < -0.39 is 0 Å². The number of nitrogens with zero attached hydrogens (tertiary/aromatic N) is 2. The maximum Gasteiger partial charge on any atom is 0.199 e. The van der Waals surface area contributed by atoms with Gasteiger partial charge < -0.3 is 20.3 Å². The van der Waals surface area contributed by atoms with Gasteiger partial charge >= 0.3 is 0 Å². The molecule has 5 heteroatoms. The normalized spacial score (nSPS) is 11.5. The van der Waals surface area contributed by atoms with Gasteiger partial charge in [0.25, 0.3) is 0 Å². The van der Waals surface area contributed by atoms with Crippen LogP contribution in [0.25, 0.3) is 33.1 Å². The van der Waals surface area contributed by atoms with E-state index in [-0.39, 0.29) is 5.88 Å². The molecule has 0 radical (unpaired) electrons. The van der Waals surface area contributed by atoms with E-state index in [0.717, 1.165) is 64.9 Å². The lowest BCUT2D eigenvalue weighted by Gasteiger charge is -2.19. The third-order valence-electron chi connectivity index (χ3n) is 5.30. The Kier molecular flexibility index (Phi) is 5.17. The maximum atomic E-state index is 10.5. The van der Waals surface area contributed by atoms with Crippen LogP contribution in [0.2, 0.25) is 0 Å². The molecule has 4 aromatic rings. The number of anilines is 1. The number of para-hydroxylation sites is 2. The molecule has 0 spiro atoms. The van der Waals surface area contributed by atoms with Crippen molar-refractivity contribution in [3.05, 3.63) is 54.6 Å². The minimum atomic E-state index is 0.151. The van der Waals surface area contributed by atoms with E-state index in [4.69, 9.17) is 4.98 Å². The minimum absolute atomic E-state index is 0.151. The number of likely N-dealkylation sites (N-methyl/N-ethyl adjacent to an activating group) is 1. The van der Waals surface area contributed by atoms with Crippen LogP contribution in [0.3, 0.4) is 0 Å². The number of aromatic nitrogens is 2. The highest BCUT2D eigenvalue weighted by Crippen LogP contribution is 2.38. The van der Waals surface area contributed by atoms with Crippen molar-refractivity contribution >= 4 is 27.5 Å². The van der Waals surface area contributed by atoms with Crippen LogP contribution in [-0.2, 0) is 0 Å². The lowest BCUT2D eigenvalue weighted by Crippen LogP contribution is -2.28. The molecule has 2 aromatic heterocycles. The second kappa shape index (κ2) is 7.90. The highest BCUT2D eigenvalue weighted by atomic mass is 16.3. The van der Waals surface area contributed by atoms with Crippen LogP contribution in [0, 0.1) is 0 Å². The van der Waals surface area contributed by atoms with Gasteiger partial charge in [-0.15, -0.1) is 0 Å². The molecule has 0 saturated heterocycles. The zero-order chi connectivity index (χ0) is 19.5. The molecule has 0 aliphatic heterocycles.